The maximum absolute atomic E-state index is 12.9. The fourth-order valence-corrected chi connectivity index (χ4v) is 4.25. The molecule has 3 atom stereocenters. The lowest BCUT2D eigenvalue weighted by Crippen LogP contribution is -2.47. The molecule has 1 heterocycles. The normalized spacial score (nSPS) is 23.3. The number of benzene rings is 2. The van der Waals surface area contributed by atoms with Crippen molar-refractivity contribution < 1.29 is 14.3 Å². The summed E-state index contributed by atoms with van der Waals surface area (Å²) in [6.45, 7) is 3.25. The van der Waals surface area contributed by atoms with Crippen molar-refractivity contribution in [3.8, 4) is 5.75 Å². The minimum absolute atomic E-state index is 0.0301. The Balaban J connectivity index is 1.37. The molecule has 5 heteroatoms. The molecular weight excluding hydrogens is 340 g/mol. The number of fused-ring (bicyclic) bond motifs is 2. The van der Waals surface area contributed by atoms with Gasteiger partial charge in [-0.1, -0.05) is 18.2 Å². The molecule has 5 nitrogen and oxygen atoms in total. The van der Waals surface area contributed by atoms with E-state index in [2.05, 4.69) is 5.32 Å². The molecule has 140 valence electrons. The molecule has 0 spiro atoms. The smallest absolute Gasteiger partial charge is 0.254 e. The number of amides is 2. The average Bonchev–Trinajstić information content (AvgIpc) is 3.29. The van der Waals surface area contributed by atoms with Crippen LogP contribution in [0.1, 0.15) is 40.5 Å². The van der Waals surface area contributed by atoms with Crippen molar-refractivity contribution in [1.29, 1.82) is 0 Å². The van der Waals surface area contributed by atoms with E-state index in [1.807, 2.05) is 66.4 Å². The number of ether oxygens (including phenoxy) is 1. The van der Waals surface area contributed by atoms with Gasteiger partial charge >= 0.3 is 0 Å². The molecule has 2 bridgehead atoms. The molecule has 27 heavy (non-hydrogen) atoms. The first-order valence-electron chi connectivity index (χ1n) is 9.55. The second-order valence-electron chi connectivity index (χ2n) is 7.25. The van der Waals surface area contributed by atoms with Crippen molar-refractivity contribution in [3.63, 3.8) is 0 Å². The Kier molecular flexibility index (Phi) is 4.84. The van der Waals surface area contributed by atoms with Gasteiger partial charge in [0.25, 0.3) is 11.8 Å². The van der Waals surface area contributed by atoms with E-state index >= 15 is 0 Å². The number of nitrogens with one attached hydrogen (secondary N) is 1. The van der Waals surface area contributed by atoms with E-state index in [0.717, 1.165) is 18.6 Å². The third-order valence-corrected chi connectivity index (χ3v) is 5.57. The predicted octanol–water partition coefficient (Wildman–Crippen LogP) is 3.12. The van der Waals surface area contributed by atoms with Crippen LogP contribution in [0.3, 0.4) is 0 Å². The molecule has 1 saturated heterocycles. The maximum Gasteiger partial charge on any atom is 0.254 e. The Morgan fingerprint density at radius 1 is 1.04 bits per heavy atom. The van der Waals surface area contributed by atoms with Gasteiger partial charge in [-0.2, -0.15) is 0 Å². The van der Waals surface area contributed by atoms with E-state index in [4.69, 9.17) is 4.74 Å². The highest BCUT2D eigenvalue weighted by Crippen LogP contribution is 2.38. The molecule has 0 aromatic heterocycles. The van der Waals surface area contributed by atoms with Crippen molar-refractivity contribution in [2.45, 2.75) is 31.8 Å². The van der Waals surface area contributed by atoms with Gasteiger partial charge in [-0.15, -0.1) is 0 Å². The zero-order chi connectivity index (χ0) is 18.8. The summed E-state index contributed by atoms with van der Waals surface area (Å²) in [7, 11) is 0. The Morgan fingerprint density at radius 2 is 1.78 bits per heavy atom. The lowest BCUT2D eigenvalue weighted by molar-refractivity contribution is 0.0679. The highest BCUT2D eigenvalue weighted by atomic mass is 16.5. The van der Waals surface area contributed by atoms with Gasteiger partial charge < -0.3 is 15.0 Å². The van der Waals surface area contributed by atoms with Crippen LogP contribution in [0.15, 0.2) is 54.6 Å². The van der Waals surface area contributed by atoms with E-state index in [1.165, 1.54) is 0 Å². The van der Waals surface area contributed by atoms with Crippen molar-refractivity contribution in [2.24, 2.45) is 5.92 Å². The maximum atomic E-state index is 12.9. The summed E-state index contributed by atoms with van der Waals surface area (Å²) in [5.74, 6) is 1.14. The Hall–Kier alpha value is -2.82. The third-order valence-electron chi connectivity index (χ3n) is 5.57. The van der Waals surface area contributed by atoms with Crippen molar-refractivity contribution >= 4 is 11.8 Å². The predicted molar refractivity (Wildman–Crippen MR) is 103 cm³/mol. The molecule has 2 aromatic carbocycles. The van der Waals surface area contributed by atoms with Crippen molar-refractivity contribution in [1.82, 2.24) is 10.2 Å². The monoisotopic (exact) mass is 364 g/mol. The van der Waals surface area contributed by atoms with E-state index in [-0.39, 0.29) is 23.9 Å². The highest BCUT2D eigenvalue weighted by molar-refractivity contribution is 5.95. The summed E-state index contributed by atoms with van der Waals surface area (Å²) in [5, 5.41) is 3.15. The topological polar surface area (TPSA) is 58.6 Å². The number of carbonyl (C=O) groups excluding carboxylic acids is 2. The standard InChI is InChI=1S/C22H24N2O3/c1-2-27-19-10-8-16(9-11-19)22(26)24-14-17-12-18(24)13-20(17)23-21(25)15-6-4-3-5-7-15/h3-11,17-18,20H,2,12-14H2,1H3,(H,23,25). The molecule has 1 aliphatic heterocycles. The lowest BCUT2D eigenvalue weighted by Gasteiger charge is -2.32. The van der Waals surface area contributed by atoms with Gasteiger partial charge in [0.1, 0.15) is 5.75 Å². The van der Waals surface area contributed by atoms with Crippen LogP contribution in [0.2, 0.25) is 0 Å². The number of carbonyl (C=O) groups is 2. The Morgan fingerprint density at radius 3 is 2.41 bits per heavy atom. The van der Waals surface area contributed by atoms with Gasteiger partial charge in [0, 0.05) is 29.8 Å². The van der Waals surface area contributed by atoms with Gasteiger partial charge in [-0.3, -0.25) is 9.59 Å². The van der Waals surface area contributed by atoms with E-state index in [1.54, 1.807) is 0 Å². The molecule has 2 amide bonds. The fourth-order valence-electron chi connectivity index (χ4n) is 4.25. The van der Waals surface area contributed by atoms with Gasteiger partial charge in [0.05, 0.1) is 6.61 Å². The Bertz CT molecular complexity index is 819. The minimum Gasteiger partial charge on any atom is -0.494 e. The summed E-state index contributed by atoms with van der Waals surface area (Å²) in [6, 6.07) is 17.0. The number of likely N-dealkylation sites (tertiary alicyclic amines) is 1. The molecule has 0 radical (unpaired) electrons. The average molecular weight is 364 g/mol. The van der Waals surface area contributed by atoms with Crippen molar-refractivity contribution in [2.75, 3.05) is 13.2 Å². The summed E-state index contributed by atoms with van der Waals surface area (Å²) >= 11 is 0. The number of hydrogen-bond acceptors (Lipinski definition) is 3. The zero-order valence-corrected chi connectivity index (χ0v) is 15.4. The third kappa shape index (κ3) is 3.54. The van der Waals surface area contributed by atoms with E-state index in [9.17, 15) is 9.59 Å². The molecule has 2 fully saturated rings. The fraction of sp³-hybridized carbons (Fsp3) is 0.364. The summed E-state index contributed by atoms with van der Waals surface area (Å²) in [6.07, 6.45) is 1.79. The quantitative estimate of drug-likeness (QED) is 0.887. The van der Waals surface area contributed by atoms with Gasteiger partial charge in [-0.25, -0.2) is 0 Å². The van der Waals surface area contributed by atoms with Crippen molar-refractivity contribution in [3.05, 3.63) is 65.7 Å². The molecule has 1 N–H and O–H groups in total. The van der Waals surface area contributed by atoms with Crippen LogP contribution in [-0.4, -0.2) is 41.9 Å². The SMILES string of the molecule is CCOc1ccc(C(=O)N2CC3CC2CC3NC(=O)c2ccccc2)cc1. The first kappa shape index (κ1) is 17.6. The minimum atomic E-state index is -0.0301. The van der Waals surface area contributed by atoms with Gasteiger partial charge in [0.2, 0.25) is 0 Å². The van der Waals surface area contributed by atoms with Gasteiger partial charge in [0.15, 0.2) is 0 Å². The van der Waals surface area contributed by atoms with E-state index in [0.29, 0.717) is 30.2 Å². The summed E-state index contributed by atoms with van der Waals surface area (Å²) in [5.41, 5.74) is 1.37. The number of nitrogens with zero attached hydrogens (tertiary/aromatic N) is 1. The zero-order valence-electron chi connectivity index (χ0n) is 15.4. The van der Waals surface area contributed by atoms with Gasteiger partial charge in [-0.05, 0) is 62.1 Å². The largest absolute Gasteiger partial charge is 0.494 e. The highest BCUT2D eigenvalue weighted by Gasteiger charge is 2.47. The molecule has 4 rings (SSSR count). The molecule has 2 aliphatic rings. The number of hydrogen-bond donors (Lipinski definition) is 1. The van der Waals surface area contributed by atoms with Crippen LogP contribution in [0.4, 0.5) is 0 Å². The lowest BCUT2D eigenvalue weighted by atomic mass is 10.0. The second-order valence-corrected chi connectivity index (χ2v) is 7.25. The van der Waals surface area contributed by atoms with Crippen LogP contribution in [0.5, 0.6) is 5.75 Å². The first-order valence-corrected chi connectivity index (χ1v) is 9.55. The molecule has 1 saturated carbocycles. The molecule has 3 unspecified atom stereocenters. The van der Waals surface area contributed by atoms with Crippen LogP contribution >= 0.6 is 0 Å². The summed E-state index contributed by atoms with van der Waals surface area (Å²) < 4.78 is 5.44. The molecular formula is C22H24N2O3. The second kappa shape index (κ2) is 7.43. The van der Waals surface area contributed by atoms with Crippen LogP contribution in [0, 0.1) is 5.92 Å². The molecule has 1 aliphatic carbocycles. The van der Waals surface area contributed by atoms with Crippen LogP contribution in [0.25, 0.3) is 0 Å². The molecule has 2 aromatic rings. The number of rotatable bonds is 5. The van der Waals surface area contributed by atoms with Crippen LogP contribution < -0.4 is 10.1 Å². The first-order chi connectivity index (χ1) is 13.2. The number of piperidine rings is 1. The van der Waals surface area contributed by atoms with Crippen LogP contribution in [-0.2, 0) is 0 Å². The Labute approximate surface area is 159 Å². The summed E-state index contributed by atoms with van der Waals surface area (Å²) in [4.78, 5) is 27.2. The van der Waals surface area contributed by atoms with E-state index < -0.39 is 0 Å².